The maximum Gasteiger partial charge on any atom is 0.0726 e. The third-order valence-electron chi connectivity index (χ3n) is 16.7. The molecule has 1 nitrogen and oxygen atoms in total. The normalized spacial score (nSPS) is 13.8. The van der Waals surface area contributed by atoms with E-state index in [1.165, 1.54) is 117 Å². The average molecular weight is 966 g/mol. The van der Waals surface area contributed by atoms with Crippen molar-refractivity contribution in [3.05, 3.63) is 330 Å². The zero-order valence-corrected chi connectivity index (χ0v) is 41.9. The summed E-state index contributed by atoms with van der Waals surface area (Å²) in [5, 5.41) is 0. The van der Waals surface area contributed by atoms with E-state index in [0.29, 0.717) is 0 Å². The van der Waals surface area contributed by atoms with Gasteiger partial charge in [-0.25, -0.2) is 0 Å². The van der Waals surface area contributed by atoms with Gasteiger partial charge < -0.3 is 4.90 Å². The number of hydrogen-bond acceptors (Lipinski definition) is 1. The Labute approximate surface area is 445 Å². The van der Waals surface area contributed by atoms with Crippen LogP contribution in [-0.2, 0) is 11.8 Å². The van der Waals surface area contributed by atoms with Crippen molar-refractivity contribution in [3.63, 3.8) is 0 Å². The fourth-order valence-electron chi connectivity index (χ4n) is 13.4. The molecule has 12 aromatic rings. The Morgan fingerprint density at radius 1 is 0.276 bits per heavy atom. The first-order valence-electron chi connectivity index (χ1n) is 26.7. The lowest BCUT2D eigenvalue weighted by atomic mass is 9.70. The molecule has 0 aliphatic heterocycles. The molecule has 3 aliphatic rings. The second-order valence-corrected chi connectivity index (χ2v) is 20.6. The summed E-state index contributed by atoms with van der Waals surface area (Å²) in [5.41, 5.74) is 29.9. The van der Waals surface area contributed by atoms with E-state index in [2.05, 4.69) is 296 Å². The molecule has 0 heterocycles. The summed E-state index contributed by atoms with van der Waals surface area (Å²) in [4.78, 5) is 2.44. The lowest BCUT2D eigenvalue weighted by Gasteiger charge is -2.32. The van der Waals surface area contributed by atoms with Crippen molar-refractivity contribution in [1.29, 1.82) is 0 Å². The standard InChI is InChI=1S/C75H51N/c1-4-18-50(19-5-1)48-68-63-25-11-10-24-62(63)66-30-16-28-60(73(66)68)55-34-36-56(37-35-55)61-29-17-33-71-74(61)67-47-46-59(49-72(67)75(71)69-31-14-12-26-64(69)65-27-13-15-32-70(65)75)76(57-42-38-53(39-43-57)51-20-6-2-7-21-51)58-44-40-54(41-45-58)52-22-8-3-9-23-52/h1-47,49,68H,48H2. The van der Waals surface area contributed by atoms with Gasteiger partial charge in [0.1, 0.15) is 0 Å². The van der Waals surface area contributed by atoms with Crippen LogP contribution in [0.25, 0.3) is 77.9 Å². The van der Waals surface area contributed by atoms with Gasteiger partial charge in [0.2, 0.25) is 0 Å². The number of benzene rings is 12. The number of anilines is 3. The summed E-state index contributed by atoms with van der Waals surface area (Å²) in [6, 6.07) is 108. The van der Waals surface area contributed by atoms with Crippen LogP contribution >= 0.6 is 0 Å². The summed E-state index contributed by atoms with van der Waals surface area (Å²) < 4.78 is 0. The van der Waals surface area contributed by atoms with Crippen LogP contribution in [0.1, 0.15) is 44.9 Å². The highest BCUT2D eigenvalue weighted by molar-refractivity contribution is 6.01. The molecule has 0 saturated heterocycles. The first-order chi connectivity index (χ1) is 37.7. The Bertz CT molecular complexity index is 4030. The topological polar surface area (TPSA) is 3.24 Å². The maximum absolute atomic E-state index is 2.51. The second-order valence-electron chi connectivity index (χ2n) is 20.6. The summed E-state index contributed by atoms with van der Waals surface area (Å²) in [5.74, 6) is 0.273. The molecule has 1 heteroatoms. The zero-order valence-electron chi connectivity index (χ0n) is 41.9. The summed E-state index contributed by atoms with van der Waals surface area (Å²) >= 11 is 0. The van der Waals surface area contributed by atoms with Crippen molar-refractivity contribution in [2.45, 2.75) is 17.8 Å². The Hall–Kier alpha value is -9.56. The van der Waals surface area contributed by atoms with Crippen LogP contribution in [0.4, 0.5) is 17.1 Å². The predicted octanol–water partition coefficient (Wildman–Crippen LogP) is 19.5. The lowest BCUT2D eigenvalue weighted by molar-refractivity contribution is 0.794. The van der Waals surface area contributed by atoms with Crippen molar-refractivity contribution in [3.8, 4) is 77.9 Å². The van der Waals surface area contributed by atoms with Crippen LogP contribution in [0.15, 0.2) is 291 Å². The van der Waals surface area contributed by atoms with Gasteiger partial charge in [0, 0.05) is 23.0 Å². The molecular formula is C75H51N. The van der Waals surface area contributed by atoms with E-state index in [4.69, 9.17) is 0 Å². The number of rotatable bonds is 9. The van der Waals surface area contributed by atoms with Gasteiger partial charge >= 0.3 is 0 Å². The Morgan fingerprint density at radius 3 is 1.33 bits per heavy atom. The average Bonchev–Trinajstić information content (AvgIpc) is 4.26. The minimum absolute atomic E-state index is 0.273. The van der Waals surface area contributed by atoms with E-state index >= 15 is 0 Å². The van der Waals surface area contributed by atoms with E-state index < -0.39 is 5.41 Å². The highest BCUT2D eigenvalue weighted by Crippen LogP contribution is 2.65. The van der Waals surface area contributed by atoms with Crippen LogP contribution in [0.3, 0.4) is 0 Å². The first kappa shape index (κ1) is 44.0. The molecule has 0 fully saturated rings. The molecule has 3 aliphatic carbocycles. The number of fused-ring (bicyclic) bond motifs is 13. The van der Waals surface area contributed by atoms with Crippen molar-refractivity contribution in [2.24, 2.45) is 0 Å². The molecule has 0 bridgehead atoms. The molecule has 0 amide bonds. The molecule has 76 heavy (non-hydrogen) atoms. The van der Waals surface area contributed by atoms with Gasteiger partial charge in [-0.05, 0) is 160 Å². The third-order valence-corrected chi connectivity index (χ3v) is 16.7. The van der Waals surface area contributed by atoms with Crippen LogP contribution in [0, 0.1) is 0 Å². The van der Waals surface area contributed by atoms with E-state index in [-0.39, 0.29) is 5.92 Å². The summed E-state index contributed by atoms with van der Waals surface area (Å²) in [6.07, 6.45) is 0.962. The van der Waals surface area contributed by atoms with Crippen LogP contribution in [-0.4, -0.2) is 0 Å². The van der Waals surface area contributed by atoms with E-state index in [0.717, 1.165) is 23.5 Å². The summed E-state index contributed by atoms with van der Waals surface area (Å²) in [6.45, 7) is 0. The fraction of sp³-hybridized carbons (Fsp3) is 0.0400. The Balaban J connectivity index is 0.892. The molecule has 1 atom stereocenters. The van der Waals surface area contributed by atoms with E-state index in [1.54, 1.807) is 0 Å². The van der Waals surface area contributed by atoms with Gasteiger partial charge in [-0.1, -0.05) is 255 Å². The zero-order chi connectivity index (χ0) is 50.2. The quantitative estimate of drug-likeness (QED) is 0.139. The molecule has 15 rings (SSSR count). The largest absolute Gasteiger partial charge is 0.310 e. The number of hydrogen-bond donors (Lipinski definition) is 0. The third kappa shape index (κ3) is 6.86. The highest BCUT2D eigenvalue weighted by atomic mass is 15.1. The molecule has 1 spiro atoms. The van der Waals surface area contributed by atoms with Gasteiger partial charge in [0.25, 0.3) is 0 Å². The highest BCUT2D eigenvalue weighted by Gasteiger charge is 2.52. The Morgan fingerprint density at radius 2 is 0.711 bits per heavy atom. The molecule has 12 aromatic carbocycles. The minimum atomic E-state index is -0.544. The van der Waals surface area contributed by atoms with Gasteiger partial charge in [-0.3, -0.25) is 0 Å². The van der Waals surface area contributed by atoms with Gasteiger partial charge in [0.15, 0.2) is 0 Å². The minimum Gasteiger partial charge on any atom is -0.310 e. The molecule has 0 radical (unpaired) electrons. The number of nitrogens with zero attached hydrogens (tertiary/aromatic N) is 1. The smallest absolute Gasteiger partial charge is 0.0726 e. The molecular weight excluding hydrogens is 915 g/mol. The molecule has 0 aromatic heterocycles. The lowest BCUT2D eigenvalue weighted by Crippen LogP contribution is -2.26. The Kier molecular flexibility index (Phi) is 10.3. The van der Waals surface area contributed by atoms with Crippen molar-refractivity contribution >= 4 is 17.1 Å². The van der Waals surface area contributed by atoms with Crippen LogP contribution in [0.2, 0.25) is 0 Å². The summed E-state index contributed by atoms with van der Waals surface area (Å²) in [7, 11) is 0. The van der Waals surface area contributed by atoms with Gasteiger partial charge in [-0.2, -0.15) is 0 Å². The monoisotopic (exact) mass is 965 g/mol. The van der Waals surface area contributed by atoms with Crippen molar-refractivity contribution in [2.75, 3.05) is 4.90 Å². The van der Waals surface area contributed by atoms with Crippen molar-refractivity contribution < 1.29 is 0 Å². The second kappa shape index (κ2) is 17.8. The molecule has 1 unspecified atom stereocenters. The molecule has 356 valence electrons. The van der Waals surface area contributed by atoms with Gasteiger partial charge in [0.05, 0.1) is 5.41 Å². The molecule has 0 N–H and O–H groups in total. The fourth-order valence-corrected chi connectivity index (χ4v) is 13.4. The van der Waals surface area contributed by atoms with Crippen LogP contribution < -0.4 is 4.90 Å². The van der Waals surface area contributed by atoms with Crippen LogP contribution in [0.5, 0.6) is 0 Å². The molecule has 0 saturated carbocycles. The first-order valence-corrected chi connectivity index (χ1v) is 26.7. The van der Waals surface area contributed by atoms with Crippen molar-refractivity contribution in [1.82, 2.24) is 0 Å². The predicted molar refractivity (Wildman–Crippen MR) is 317 cm³/mol. The van der Waals surface area contributed by atoms with E-state index in [9.17, 15) is 0 Å². The SMILES string of the molecule is c1ccc(CC2c3ccccc3-c3cccc(-c4ccc(-c5cccc6c5-c5ccc(N(c7ccc(-c8ccccc8)cc7)c7ccc(-c8ccccc8)cc7)cc5C65c6ccccc6-c6ccccc65)cc4)c32)cc1. The maximum atomic E-state index is 2.51. The van der Waals surface area contributed by atoms with E-state index in [1.807, 2.05) is 0 Å². The van der Waals surface area contributed by atoms with Gasteiger partial charge in [-0.15, -0.1) is 0 Å².